The quantitative estimate of drug-likeness (QED) is 0.816. The zero-order valence-electron chi connectivity index (χ0n) is 13.9. The van der Waals surface area contributed by atoms with Gasteiger partial charge in [-0.2, -0.15) is 5.10 Å². The molecule has 0 N–H and O–H groups in total. The molecule has 3 aliphatic rings. The monoisotopic (exact) mass is 346 g/mol. The lowest BCUT2D eigenvalue weighted by atomic mass is 9.87. The summed E-state index contributed by atoms with van der Waals surface area (Å²) in [5.74, 6) is 0.807. The number of aryl methyl sites for hydroxylation is 3. The average Bonchev–Trinajstić information content (AvgIpc) is 2.51. The van der Waals surface area contributed by atoms with Gasteiger partial charge in [-0.25, -0.2) is 14.6 Å². The van der Waals surface area contributed by atoms with E-state index in [2.05, 4.69) is 24.9 Å². The second-order valence-corrected chi connectivity index (χ2v) is 6.96. The number of hydrogen-bond donors (Lipinski definition) is 0. The summed E-state index contributed by atoms with van der Waals surface area (Å²) in [6.45, 7) is 5.57. The first kappa shape index (κ1) is 15.4. The van der Waals surface area contributed by atoms with Crippen LogP contribution in [0.3, 0.4) is 0 Å². The van der Waals surface area contributed by atoms with Crippen molar-refractivity contribution in [3.63, 3.8) is 0 Å². The van der Waals surface area contributed by atoms with Crippen molar-refractivity contribution in [2.75, 3.05) is 22.9 Å². The van der Waals surface area contributed by atoms with Gasteiger partial charge in [0, 0.05) is 31.5 Å². The third-order valence-electron chi connectivity index (χ3n) is 4.80. The van der Waals surface area contributed by atoms with Gasteiger partial charge in [0.25, 0.3) is 5.56 Å². The van der Waals surface area contributed by atoms with Gasteiger partial charge >= 0.3 is 0 Å². The number of piperazine rings is 1. The Morgan fingerprint density at radius 1 is 1.17 bits per heavy atom. The highest BCUT2D eigenvalue weighted by molar-refractivity contribution is 6.33. The summed E-state index contributed by atoms with van der Waals surface area (Å²) in [6.07, 6.45) is 2.79. The van der Waals surface area contributed by atoms with E-state index in [1.165, 1.54) is 4.68 Å². The second kappa shape index (κ2) is 5.44. The Labute approximate surface area is 144 Å². The van der Waals surface area contributed by atoms with Crippen LogP contribution in [0.4, 0.5) is 11.6 Å². The molecule has 126 valence electrons. The predicted octanol–water partition coefficient (Wildman–Crippen LogP) is 1.31. The molecule has 0 spiro atoms. The summed E-state index contributed by atoms with van der Waals surface area (Å²) >= 11 is 6.24. The molecule has 5 heterocycles. The lowest BCUT2D eigenvalue weighted by molar-refractivity contribution is 0.285. The molecule has 3 saturated heterocycles. The average molecular weight is 347 g/mol. The first-order valence-electron chi connectivity index (χ1n) is 8.01. The van der Waals surface area contributed by atoms with E-state index in [1.54, 1.807) is 13.2 Å². The van der Waals surface area contributed by atoms with E-state index < -0.39 is 0 Å². The minimum Gasteiger partial charge on any atom is -0.365 e. The smallest absolute Gasteiger partial charge is 0.287 e. The van der Waals surface area contributed by atoms with Crippen molar-refractivity contribution in [3.8, 4) is 0 Å². The molecule has 0 aromatic carbocycles. The molecule has 2 atom stereocenters. The van der Waals surface area contributed by atoms with Gasteiger partial charge in [-0.15, -0.1) is 0 Å². The van der Waals surface area contributed by atoms with Crippen LogP contribution in [0.5, 0.6) is 0 Å². The molecule has 24 heavy (non-hydrogen) atoms. The Bertz CT molecular complexity index is 834. The molecule has 5 rings (SSSR count). The lowest BCUT2D eigenvalue weighted by Crippen LogP contribution is -2.69. The van der Waals surface area contributed by atoms with Gasteiger partial charge in [0.2, 0.25) is 5.95 Å². The summed E-state index contributed by atoms with van der Waals surface area (Å²) in [5, 5.41) is 4.33. The number of nitrogens with zero attached hydrogens (tertiary/aromatic N) is 6. The molecule has 0 radical (unpaired) electrons. The van der Waals surface area contributed by atoms with Crippen LogP contribution in [0.2, 0.25) is 5.02 Å². The van der Waals surface area contributed by atoms with Gasteiger partial charge < -0.3 is 9.80 Å². The molecule has 2 aromatic rings. The number of halogens is 1. The normalized spacial score (nSPS) is 22.5. The summed E-state index contributed by atoms with van der Waals surface area (Å²) in [5.41, 5.74) is 2.43. The molecular weight excluding hydrogens is 328 g/mol. The fraction of sp³-hybridized carbons (Fsp3) is 0.500. The van der Waals surface area contributed by atoms with E-state index in [0.717, 1.165) is 42.5 Å². The van der Waals surface area contributed by atoms with Crippen molar-refractivity contribution < 1.29 is 0 Å². The van der Waals surface area contributed by atoms with E-state index >= 15 is 0 Å². The number of rotatable bonds is 2. The summed E-state index contributed by atoms with van der Waals surface area (Å²) in [4.78, 5) is 25.6. The van der Waals surface area contributed by atoms with Crippen LogP contribution in [0, 0.1) is 13.8 Å². The number of fused-ring (bicyclic) bond motifs is 2. The molecule has 2 aromatic heterocycles. The van der Waals surface area contributed by atoms with Gasteiger partial charge in [-0.3, -0.25) is 4.79 Å². The van der Waals surface area contributed by atoms with Crippen LogP contribution in [-0.2, 0) is 7.05 Å². The molecular formula is C16H19ClN6O. The third kappa shape index (κ3) is 2.34. The van der Waals surface area contributed by atoms with E-state index in [1.807, 2.05) is 19.9 Å². The zero-order chi connectivity index (χ0) is 17.0. The minimum atomic E-state index is -0.261. The van der Waals surface area contributed by atoms with Crippen molar-refractivity contribution in [1.82, 2.24) is 19.7 Å². The maximum atomic E-state index is 12.0. The standard InChI is InChI=1S/C16H19ClN6O/c1-9-4-10(2)20-16(19-9)23-11-5-12(23)8-22(7-11)13-6-18-21(3)15(24)14(13)17/h4,6,11-12H,5,7-8H2,1-3H3. The van der Waals surface area contributed by atoms with Gasteiger partial charge in [0.1, 0.15) is 5.02 Å². The summed E-state index contributed by atoms with van der Waals surface area (Å²) < 4.78 is 1.26. The number of aromatic nitrogens is 4. The molecule has 0 saturated carbocycles. The van der Waals surface area contributed by atoms with Crippen molar-refractivity contribution in [1.29, 1.82) is 0 Å². The molecule has 8 heteroatoms. The highest BCUT2D eigenvalue weighted by atomic mass is 35.5. The maximum absolute atomic E-state index is 12.0. The topological polar surface area (TPSA) is 67.2 Å². The zero-order valence-corrected chi connectivity index (χ0v) is 14.7. The van der Waals surface area contributed by atoms with Crippen LogP contribution in [0.15, 0.2) is 17.1 Å². The molecule has 0 aliphatic carbocycles. The minimum absolute atomic E-state index is 0.239. The first-order chi connectivity index (χ1) is 11.4. The summed E-state index contributed by atoms with van der Waals surface area (Å²) in [6, 6.07) is 2.66. The van der Waals surface area contributed by atoms with Gasteiger partial charge in [0.15, 0.2) is 0 Å². The molecule has 2 bridgehead atoms. The molecule has 2 unspecified atom stereocenters. The van der Waals surface area contributed by atoms with Crippen LogP contribution in [0.1, 0.15) is 17.8 Å². The van der Waals surface area contributed by atoms with Crippen LogP contribution < -0.4 is 15.4 Å². The molecule has 7 nitrogen and oxygen atoms in total. The van der Waals surface area contributed by atoms with Crippen LogP contribution >= 0.6 is 11.6 Å². The van der Waals surface area contributed by atoms with Gasteiger partial charge in [-0.1, -0.05) is 11.6 Å². The Balaban J connectivity index is 1.59. The van der Waals surface area contributed by atoms with Gasteiger partial charge in [0.05, 0.1) is 24.0 Å². The predicted molar refractivity (Wildman–Crippen MR) is 92.9 cm³/mol. The molecule has 0 amide bonds. The first-order valence-corrected chi connectivity index (χ1v) is 8.39. The van der Waals surface area contributed by atoms with Crippen LogP contribution in [0.25, 0.3) is 0 Å². The SMILES string of the molecule is Cc1cc(C)nc(N2C3CC2CN(c2cnn(C)c(=O)c2Cl)C3)n1. The van der Waals surface area contributed by atoms with E-state index in [4.69, 9.17) is 11.6 Å². The van der Waals surface area contributed by atoms with Crippen molar-refractivity contribution in [3.05, 3.63) is 39.0 Å². The second-order valence-electron chi connectivity index (χ2n) is 6.58. The summed E-state index contributed by atoms with van der Waals surface area (Å²) in [7, 11) is 1.60. The molecule has 3 aliphatic heterocycles. The highest BCUT2D eigenvalue weighted by Gasteiger charge is 2.46. The lowest BCUT2D eigenvalue weighted by Gasteiger charge is -2.56. The number of anilines is 2. The van der Waals surface area contributed by atoms with E-state index in [-0.39, 0.29) is 10.6 Å². The van der Waals surface area contributed by atoms with Gasteiger partial charge in [-0.05, 0) is 26.3 Å². The fourth-order valence-corrected chi connectivity index (χ4v) is 3.97. The Kier molecular flexibility index (Phi) is 3.49. The Hall–Kier alpha value is -2.15. The Morgan fingerprint density at radius 2 is 1.79 bits per heavy atom. The van der Waals surface area contributed by atoms with Crippen molar-refractivity contribution in [2.45, 2.75) is 32.4 Å². The van der Waals surface area contributed by atoms with E-state index in [9.17, 15) is 4.79 Å². The largest absolute Gasteiger partial charge is 0.365 e. The maximum Gasteiger partial charge on any atom is 0.287 e. The highest BCUT2D eigenvalue weighted by Crippen LogP contribution is 2.38. The number of hydrogen-bond acceptors (Lipinski definition) is 6. The van der Waals surface area contributed by atoms with Crippen molar-refractivity contribution in [2.24, 2.45) is 7.05 Å². The molecule has 3 fully saturated rings. The van der Waals surface area contributed by atoms with Crippen LogP contribution in [-0.4, -0.2) is 44.9 Å². The Morgan fingerprint density at radius 3 is 2.42 bits per heavy atom. The third-order valence-corrected chi connectivity index (χ3v) is 5.15. The van der Waals surface area contributed by atoms with Crippen molar-refractivity contribution >= 4 is 23.2 Å². The fourth-order valence-electron chi connectivity index (χ4n) is 3.68. The van der Waals surface area contributed by atoms with E-state index in [0.29, 0.717) is 12.1 Å². The number of piperidine rings is 1.